The quantitative estimate of drug-likeness (QED) is 0.907. The van der Waals surface area contributed by atoms with Gasteiger partial charge in [0.1, 0.15) is 0 Å². The highest BCUT2D eigenvalue weighted by Gasteiger charge is 2.10. The summed E-state index contributed by atoms with van der Waals surface area (Å²) in [6.45, 7) is 6.49. The van der Waals surface area contributed by atoms with Gasteiger partial charge in [-0.1, -0.05) is 6.07 Å². The molecule has 20 heavy (non-hydrogen) atoms. The summed E-state index contributed by atoms with van der Waals surface area (Å²) in [5.41, 5.74) is 3.18. The zero-order valence-electron chi connectivity index (χ0n) is 12.1. The Kier molecular flexibility index (Phi) is 4.50. The fourth-order valence-electron chi connectivity index (χ4n) is 1.97. The van der Waals surface area contributed by atoms with Crippen molar-refractivity contribution in [2.45, 2.75) is 39.8 Å². The summed E-state index contributed by atoms with van der Waals surface area (Å²) in [7, 11) is 0. The average Bonchev–Trinajstić information content (AvgIpc) is 2.94. The normalized spacial score (nSPS) is 12.2. The van der Waals surface area contributed by atoms with Crippen LogP contribution in [0.25, 0.3) is 0 Å². The van der Waals surface area contributed by atoms with Gasteiger partial charge in [0.15, 0.2) is 0 Å². The van der Waals surface area contributed by atoms with Gasteiger partial charge >= 0.3 is 0 Å². The fourth-order valence-corrected chi connectivity index (χ4v) is 1.97. The molecule has 0 aliphatic rings. The molecule has 0 spiro atoms. The number of nitrogens with zero attached hydrogens (tertiary/aromatic N) is 3. The van der Waals surface area contributed by atoms with Gasteiger partial charge < -0.3 is 5.32 Å². The van der Waals surface area contributed by atoms with Gasteiger partial charge in [-0.25, -0.2) is 0 Å². The lowest BCUT2D eigenvalue weighted by Crippen LogP contribution is -2.25. The second-order valence-corrected chi connectivity index (χ2v) is 5.06. The number of pyridine rings is 1. The molecule has 0 saturated heterocycles. The summed E-state index contributed by atoms with van der Waals surface area (Å²) in [6.07, 6.45) is 5.81. The molecule has 0 radical (unpaired) electrons. The minimum absolute atomic E-state index is 0.0197. The molecule has 2 heterocycles. The van der Waals surface area contributed by atoms with Crippen molar-refractivity contribution in [1.82, 2.24) is 20.1 Å². The monoisotopic (exact) mass is 272 g/mol. The number of nitrogens with one attached hydrogen (secondary N) is 1. The third-order valence-electron chi connectivity index (χ3n) is 3.34. The molecule has 0 saturated carbocycles. The van der Waals surface area contributed by atoms with Crippen molar-refractivity contribution in [2.75, 3.05) is 0 Å². The molecule has 2 rings (SSSR count). The first kappa shape index (κ1) is 14.2. The third kappa shape index (κ3) is 3.66. The van der Waals surface area contributed by atoms with Crippen LogP contribution >= 0.6 is 0 Å². The van der Waals surface area contributed by atoms with E-state index in [-0.39, 0.29) is 11.9 Å². The van der Waals surface area contributed by atoms with E-state index in [0.717, 1.165) is 16.8 Å². The molecule has 0 aromatic carbocycles. The van der Waals surface area contributed by atoms with Crippen LogP contribution in [0.4, 0.5) is 0 Å². The number of rotatable bonds is 5. The molecular weight excluding hydrogens is 252 g/mol. The highest BCUT2D eigenvalue weighted by Crippen LogP contribution is 2.09. The second kappa shape index (κ2) is 6.32. The van der Waals surface area contributed by atoms with Crippen LogP contribution in [-0.4, -0.2) is 20.7 Å². The molecule has 0 bridgehead atoms. The fraction of sp³-hybridized carbons (Fsp3) is 0.400. The Hall–Kier alpha value is -2.17. The lowest BCUT2D eigenvalue weighted by Gasteiger charge is -2.12. The first-order chi connectivity index (χ1) is 9.56. The van der Waals surface area contributed by atoms with Gasteiger partial charge in [0, 0.05) is 37.3 Å². The number of amides is 1. The van der Waals surface area contributed by atoms with Crippen LogP contribution in [0.15, 0.2) is 30.7 Å². The summed E-state index contributed by atoms with van der Waals surface area (Å²) in [4.78, 5) is 16.2. The molecule has 2 aromatic rings. The zero-order valence-corrected chi connectivity index (χ0v) is 12.1. The van der Waals surface area contributed by atoms with Gasteiger partial charge in [0.05, 0.1) is 6.04 Å². The summed E-state index contributed by atoms with van der Waals surface area (Å²) >= 11 is 0. The van der Waals surface area contributed by atoms with Crippen molar-refractivity contribution >= 4 is 5.91 Å². The van der Waals surface area contributed by atoms with Crippen LogP contribution in [0.5, 0.6) is 0 Å². The SMILES string of the molecule is Cc1cc(CNC(=O)C[C@H](C)n2cccn2)cnc1C. The van der Waals surface area contributed by atoms with Gasteiger partial charge in [-0.05, 0) is 38.0 Å². The average molecular weight is 272 g/mol. The van der Waals surface area contributed by atoms with Crippen molar-refractivity contribution in [2.24, 2.45) is 0 Å². The summed E-state index contributed by atoms with van der Waals surface area (Å²) in [5.74, 6) is 0.0197. The number of aromatic nitrogens is 3. The maximum atomic E-state index is 11.9. The summed E-state index contributed by atoms with van der Waals surface area (Å²) < 4.78 is 1.79. The Balaban J connectivity index is 1.84. The maximum absolute atomic E-state index is 11.9. The van der Waals surface area contributed by atoms with Crippen molar-refractivity contribution in [3.8, 4) is 0 Å². The molecule has 0 unspecified atom stereocenters. The lowest BCUT2D eigenvalue weighted by atomic mass is 10.1. The van der Waals surface area contributed by atoms with Crippen molar-refractivity contribution in [3.05, 3.63) is 47.5 Å². The predicted octanol–water partition coefficient (Wildman–Crippen LogP) is 2.16. The molecule has 1 N–H and O–H groups in total. The Morgan fingerprint density at radius 1 is 1.45 bits per heavy atom. The topological polar surface area (TPSA) is 59.8 Å². The molecule has 0 fully saturated rings. The smallest absolute Gasteiger partial charge is 0.222 e. The molecule has 5 nitrogen and oxygen atoms in total. The Labute approximate surface area is 119 Å². The molecule has 0 aliphatic heterocycles. The summed E-state index contributed by atoms with van der Waals surface area (Å²) in [5, 5.41) is 7.05. The Morgan fingerprint density at radius 3 is 2.90 bits per heavy atom. The van der Waals surface area contributed by atoms with Gasteiger partial charge in [-0.2, -0.15) is 5.10 Å². The van der Waals surface area contributed by atoms with E-state index in [2.05, 4.69) is 21.5 Å². The van der Waals surface area contributed by atoms with Crippen LogP contribution in [0, 0.1) is 13.8 Å². The van der Waals surface area contributed by atoms with Crippen molar-refractivity contribution in [1.29, 1.82) is 0 Å². The molecular formula is C15H20N4O. The van der Waals surface area contributed by atoms with E-state index >= 15 is 0 Å². The minimum atomic E-state index is 0.0197. The number of hydrogen-bond acceptors (Lipinski definition) is 3. The van der Waals surface area contributed by atoms with E-state index in [1.165, 1.54) is 0 Å². The second-order valence-electron chi connectivity index (χ2n) is 5.06. The van der Waals surface area contributed by atoms with Crippen molar-refractivity contribution in [3.63, 3.8) is 0 Å². The molecule has 1 atom stereocenters. The first-order valence-electron chi connectivity index (χ1n) is 6.74. The highest BCUT2D eigenvalue weighted by atomic mass is 16.1. The molecule has 106 valence electrons. The largest absolute Gasteiger partial charge is 0.352 e. The maximum Gasteiger partial charge on any atom is 0.222 e. The highest BCUT2D eigenvalue weighted by molar-refractivity contribution is 5.76. The molecule has 0 aliphatic carbocycles. The van der Waals surface area contributed by atoms with Crippen molar-refractivity contribution < 1.29 is 4.79 Å². The van der Waals surface area contributed by atoms with Crippen LogP contribution < -0.4 is 5.32 Å². The van der Waals surface area contributed by atoms with Crippen LogP contribution in [0.2, 0.25) is 0 Å². The predicted molar refractivity (Wildman–Crippen MR) is 77.1 cm³/mol. The number of carbonyl (C=O) groups is 1. The van der Waals surface area contributed by atoms with E-state index in [0.29, 0.717) is 13.0 Å². The van der Waals surface area contributed by atoms with E-state index in [1.54, 1.807) is 17.1 Å². The minimum Gasteiger partial charge on any atom is -0.352 e. The van der Waals surface area contributed by atoms with E-state index in [1.807, 2.05) is 33.0 Å². The van der Waals surface area contributed by atoms with Crippen LogP contribution in [0.1, 0.15) is 36.2 Å². The summed E-state index contributed by atoms with van der Waals surface area (Å²) in [6, 6.07) is 3.97. The lowest BCUT2D eigenvalue weighted by molar-refractivity contribution is -0.122. The number of carbonyl (C=O) groups excluding carboxylic acids is 1. The molecule has 1 amide bonds. The van der Waals surface area contributed by atoms with E-state index < -0.39 is 0 Å². The number of aryl methyl sites for hydroxylation is 2. The zero-order chi connectivity index (χ0) is 14.5. The van der Waals surface area contributed by atoms with Crippen LogP contribution in [-0.2, 0) is 11.3 Å². The molecule has 2 aromatic heterocycles. The first-order valence-corrected chi connectivity index (χ1v) is 6.74. The van der Waals surface area contributed by atoms with E-state index in [4.69, 9.17) is 0 Å². The molecule has 5 heteroatoms. The van der Waals surface area contributed by atoms with Gasteiger partial charge in [0.2, 0.25) is 5.91 Å². The van der Waals surface area contributed by atoms with Gasteiger partial charge in [-0.15, -0.1) is 0 Å². The third-order valence-corrected chi connectivity index (χ3v) is 3.34. The number of hydrogen-bond donors (Lipinski definition) is 1. The van der Waals surface area contributed by atoms with Gasteiger partial charge in [0.25, 0.3) is 0 Å². The Morgan fingerprint density at radius 2 is 2.25 bits per heavy atom. The standard InChI is InChI=1S/C15H20N4O/c1-11-7-14(9-16-13(11)3)10-17-15(20)8-12(2)19-6-4-5-18-19/h4-7,9,12H,8,10H2,1-3H3,(H,17,20)/t12-/m0/s1. The Bertz CT molecular complexity index is 578. The van der Waals surface area contributed by atoms with Crippen LogP contribution in [0.3, 0.4) is 0 Å². The van der Waals surface area contributed by atoms with E-state index in [9.17, 15) is 4.79 Å². The van der Waals surface area contributed by atoms with Gasteiger partial charge in [-0.3, -0.25) is 14.5 Å².